The topological polar surface area (TPSA) is 55.1 Å². The van der Waals surface area contributed by atoms with E-state index in [4.69, 9.17) is 4.52 Å². The molecule has 2 rings (SSSR count). The van der Waals surface area contributed by atoms with Crippen molar-refractivity contribution >= 4 is 5.91 Å². The number of aromatic nitrogens is 1. The Labute approximate surface area is 119 Å². The van der Waals surface area contributed by atoms with Gasteiger partial charge in [-0.05, 0) is 18.8 Å². The number of nitrogens with one attached hydrogen (secondary N) is 1. The molecule has 0 radical (unpaired) electrons. The van der Waals surface area contributed by atoms with Crippen LogP contribution >= 0.6 is 0 Å². The lowest BCUT2D eigenvalue weighted by Crippen LogP contribution is -2.24. The Bertz CT molecular complexity index is 547. The predicted octanol–water partition coefficient (Wildman–Crippen LogP) is 3.51. The van der Waals surface area contributed by atoms with Crippen molar-refractivity contribution in [2.45, 2.75) is 26.7 Å². The molecule has 0 atom stereocenters. The molecule has 0 saturated heterocycles. The normalized spacial score (nSPS) is 10.8. The molecule has 106 valence electrons. The molecule has 0 aliphatic rings. The number of hydrogen-bond acceptors (Lipinski definition) is 3. The van der Waals surface area contributed by atoms with Gasteiger partial charge in [0.25, 0.3) is 5.91 Å². The summed E-state index contributed by atoms with van der Waals surface area (Å²) >= 11 is 0. The summed E-state index contributed by atoms with van der Waals surface area (Å²) in [6, 6.07) is 11.3. The van der Waals surface area contributed by atoms with Crippen LogP contribution in [0.25, 0.3) is 11.3 Å². The van der Waals surface area contributed by atoms with E-state index in [1.165, 1.54) is 0 Å². The summed E-state index contributed by atoms with van der Waals surface area (Å²) in [5, 5.41) is 6.77. The van der Waals surface area contributed by atoms with Crippen molar-refractivity contribution in [3.63, 3.8) is 0 Å². The average molecular weight is 272 g/mol. The highest BCUT2D eigenvalue weighted by atomic mass is 16.5. The van der Waals surface area contributed by atoms with E-state index >= 15 is 0 Å². The molecule has 2 aromatic rings. The van der Waals surface area contributed by atoms with Gasteiger partial charge in [-0.2, -0.15) is 0 Å². The van der Waals surface area contributed by atoms with E-state index in [0.717, 1.165) is 18.4 Å². The maximum Gasteiger partial charge on any atom is 0.289 e. The largest absolute Gasteiger partial charge is 0.350 e. The van der Waals surface area contributed by atoms with Crippen molar-refractivity contribution in [2.75, 3.05) is 6.54 Å². The Kier molecular flexibility index (Phi) is 4.93. The van der Waals surface area contributed by atoms with Crippen LogP contribution in [0.2, 0.25) is 0 Å². The smallest absolute Gasteiger partial charge is 0.289 e. The van der Waals surface area contributed by atoms with Gasteiger partial charge >= 0.3 is 0 Å². The second-order valence-corrected chi connectivity index (χ2v) is 5.23. The average Bonchev–Trinajstić information content (AvgIpc) is 2.94. The Morgan fingerprint density at radius 2 is 2.05 bits per heavy atom. The Balaban J connectivity index is 1.90. The summed E-state index contributed by atoms with van der Waals surface area (Å²) in [6.07, 6.45) is 2.08. The van der Waals surface area contributed by atoms with Gasteiger partial charge in [-0.15, -0.1) is 0 Å². The van der Waals surface area contributed by atoms with Gasteiger partial charge in [-0.25, -0.2) is 0 Å². The molecule has 0 aliphatic carbocycles. The highest BCUT2D eigenvalue weighted by molar-refractivity contribution is 5.92. The second-order valence-electron chi connectivity index (χ2n) is 5.23. The van der Waals surface area contributed by atoms with Crippen molar-refractivity contribution in [3.8, 4) is 11.3 Å². The molecule has 4 heteroatoms. The van der Waals surface area contributed by atoms with Gasteiger partial charge in [0, 0.05) is 18.2 Å². The van der Waals surface area contributed by atoms with Gasteiger partial charge in [0.15, 0.2) is 0 Å². The summed E-state index contributed by atoms with van der Waals surface area (Å²) in [7, 11) is 0. The molecule has 0 spiro atoms. The third-order valence-corrected chi connectivity index (χ3v) is 3.05. The van der Waals surface area contributed by atoms with Crippen LogP contribution in [0.1, 0.15) is 37.2 Å². The standard InChI is InChI=1S/C16H20N2O2/c1-12(2)7-6-10-17-16(19)15-11-14(18-20-15)13-8-4-3-5-9-13/h3-5,8-9,11-12H,6-7,10H2,1-2H3,(H,17,19). The monoisotopic (exact) mass is 272 g/mol. The maximum atomic E-state index is 11.9. The highest BCUT2D eigenvalue weighted by Gasteiger charge is 2.13. The van der Waals surface area contributed by atoms with Crippen LogP contribution in [0, 0.1) is 5.92 Å². The molecule has 1 aromatic heterocycles. The fourth-order valence-corrected chi connectivity index (χ4v) is 1.93. The Morgan fingerprint density at radius 1 is 1.30 bits per heavy atom. The molecule has 0 fully saturated rings. The van der Waals surface area contributed by atoms with Gasteiger partial charge < -0.3 is 9.84 Å². The number of carbonyl (C=O) groups excluding carboxylic acids is 1. The molecule has 1 N–H and O–H groups in total. The molecule has 0 aliphatic heterocycles. The first-order valence-corrected chi connectivity index (χ1v) is 6.97. The second kappa shape index (κ2) is 6.89. The molecule has 20 heavy (non-hydrogen) atoms. The minimum Gasteiger partial charge on any atom is -0.350 e. The quantitative estimate of drug-likeness (QED) is 0.819. The van der Waals surface area contributed by atoms with Crippen LogP contribution < -0.4 is 5.32 Å². The van der Waals surface area contributed by atoms with Gasteiger partial charge in [0.2, 0.25) is 5.76 Å². The lowest BCUT2D eigenvalue weighted by Gasteiger charge is -2.04. The number of benzene rings is 1. The molecule has 0 saturated carbocycles. The molecular weight excluding hydrogens is 252 g/mol. The zero-order valence-electron chi connectivity index (χ0n) is 11.9. The third-order valence-electron chi connectivity index (χ3n) is 3.05. The molecule has 0 bridgehead atoms. The first-order chi connectivity index (χ1) is 9.66. The van der Waals surface area contributed by atoms with Gasteiger partial charge in [-0.1, -0.05) is 49.3 Å². The molecular formula is C16H20N2O2. The highest BCUT2D eigenvalue weighted by Crippen LogP contribution is 2.18. The zero-order chi connectivity index (χ0) is 14.4. The number of hydrogen-bond donors (Lipinski definition) is 1. The summed E-state index contributed by atoms with van der Waals surface area (Å²) < 4.78 is 5.10. The number of amides is 1. The number of carbonyl (C=O) groups is 1. The molecule has 1 aromatic carbocycles. The van der Waals surface area contributed by atoms with Crippen molar-refractivity contribution in [1.29, 1.82) is 0 Å². The van der Waals surface area contributed by atoms with E-state index in [-0.39, 0.29) is 11.7 Å². The van der Waals surface area contributed by atoms with E-state index in [2.05, 4.69) is 24.3 Å². The number of nitrogens with zero attached hydrogens (tertiary/aromatic N) is 1. The van der Waals surface area contributed by atoms with Gasteiger partial charge in [0.1, 0.15) is 5.69 Å². The van der Waals surface area contributed by atoms with E-state index in [9.17, 15) is 4.79 Å². The predicted molar refractivity (Wildman–Crippen MR) is 78.3 cm³/mol. The van der Waals surface area contributed by atoms with Crippen LogP contribution in [0.4, 0.5) is 0 Å². The van der Waals surface area contributed by atoms with E-state index < -0.39 is 0 Å². The first kappa shape index (κ1) is 14.3. The van der Waals surface area contributed by atoms with Crippen molar-refractivity contribution in [2.24, 2.45) is 5.92 Å². The summed E-state index contributed by atoms with van der Waals surface area (Å²) in [6.45, 7) is 5.01. The van der Waals surface area contributed by atoms with Crippen LogP contribution in [-0.2, 0) is 0 Å². The number of rotatable bonds is 6. The fraction of sp³-hybridized carbons (Fsp3) is 0.375. The SMILES string of the molecule is CC(C)CCCNC(=O)c1cc(-c2ccccc2)no1. The first-order valence-electron chi connectivity index (χ1n) is 6.97. The van der Waals surface area contributed by atoms with Crippen molar-refractivity contribution < 1.29 is 9.32 Å². The fourth-order valence-electron chi connectivity index (χ4n) is 1.93. The maximum absolute atomic E-state index is 11.9. The minimum atomic E-state index is -0.205. The molecule has 4 nitrogen and oxygen atoms in total. The van der Waals surface area contributed by atoms with Crippen LogP contribution in [0.3, 0.4) is 0 Å². The third kappa shape index (κ3) is 3.95. The summed E-state index contributed by atoms with van der Waals surface area (Å²) in [5.74, 6) is 0.707. The molecule has 0 unspecified atom stereocenters. The molecule has 1 amide bonds. The lowest BCUT2D eigenvalue weighted by atomic mass is 10.1. The van der Waals surface area contributed by atoms with E-state index in [1.807, 2.05) is 30.3 Å². The lowest BCUT2D eigenvalue weighted by molar-refractivity contribution is 0.0916. The van der Waals surface area contributed by atoms with Crippen LogP contribution in [0.5, 0.6) is 0 Å². The van der Waals surface area contributed by atoms with E-state index in [0.29, 0.717) is 18.2 Å². The molecule has 1 heterocycles. The summed E-state index contributed by atoms with van der Waals surface area (Å²) in [5.41, 5.74) is 1.62. The van der Waals surface area contributed by atoms with Crippen LogP contribution in [0.15, 0.2) is 40.9 Å². The van der Waals surface area contributed by atoms with Gasteiger partial charge in [-0.3, -0.25) is 4.79 Å². The zero-order valence-corrected chi connectivity index (χ0v) is 11.9. The summed E-state index contributed by atoms with van der Waals surface area (Å²) in [4.78, 5) is 11.9. The minimum absolute atomic E-state index is 0.205. The van der Waals surface area contributed by atoms with Crippen LogP contribution in [-0.4, -0.2) is 17.6 Å². The van der Waals surface area contributed by atoms with Gasteiger partial charge in [0.05, 0.1) is 0 Å². The van der Waals surface area contributed by atoms with E-state index in [1.54, 1.807) is 6.07 Å². The Hall–Kier alpha value is -2.10. The Morgan fingerprint density at radius 3 is 2.75 bits per heavy atom. The van der Waals surface area contributed by atoms with Crippen molar-refractivity contribution in [1.82, 2.24) is 10.5 Å². The van der Waals surface area contributed by atoms with Crippen molar-refractivity contribution in [3.05, 3.63) is 42.2 Å².